The molecule has 3 rings (SSSR count). The molecule has 0 aliphatic carbocycles. The molecule has 1 amide bonds. The Morgan fingerprint density at radius 2 is 1.86 bits per heavy atom. The van der Waals surface area contributed by atoms with Gasteiger partial charge in [-0.25, -0.2) is 0 Å². The Morgan fingerprint density at radius 3 is 2.71 bits per heavy atom. The summed E-state index contributed by atoms with van der Waals surface area (Å²) < 4.78 is 5.75. The van der Waals surface area contributed by atoms with Crippen LogP contribution in [0.4, 0.5) is 0 Å². The van der Waals surface area contributed by atoms with Crippen molar-refractivity contribution in [2.45, 2.75) is 18.9 Å². The van der Waals surface area contributed by atoms with Crippen LogP contribution in [0.3, 0.4) is 0 Å². The van der Waals surface area contributed by atoms with Crippen LogP contribution in [0.1, 0.15) is 17.5 Å². The molecule has 0 unspecified atom stereocenters. The summed E-state index contributed by atoms with van der Waals surface area (Å²) in [6.45, 7) is 0. The average Bonchev–Trinajstić information content (AvgIpc) is 2.55. The molecule has 21 heavy (non-hydrogen) atoms. The third kappa shape index (κ3) is 3.31. The molecule has 2 aromatic carbocycles. The number of ether oxygens (including phenoxy) is 1. The van der Waals surface area contributed by atoms with Gasteiger partial charge in [0, 0.05) is 6.20 Å². The normalized spacial score (nSPS) is 17.0. The van der Waals surface area contributed by atoms with Crippen molar-refractivity contribution < 1.29 is 9.53 Å². The van der Waals surface area contributed by atoms with E-state index in [-0.39, 0.29) is 5.91 Å². The van der Waals surface area contributed by atoms with E-state index in [2.05, 4.69) is 5.32 Å². The SMILES string of the molecule is O=C(NC=Cc1ccccc1)[C@@H]1CCc2ccccc2O1. The Bertz CT molecular complexity index is 649. The first-order valence-corrected chi connectivity index (χ1v) is 7.09. The maximum Gasteiger partial charge on any atom is 0.264 e. The van der Waals surface area contributed by atoms with E-state index in [0.29, 0.717) is 6.42 Å². The molecule has 0 bridgehead atoms. The Balaban J connectivity index is 1.59. The Kier molecular flexibility index (Phi) is 4.01. The predicted octanol–water partition coefficient (Wildman–Crippen LogP) is 3.17. The first-order chi connectivity index (χ1) is 10.3. The summed E-state index contributed by atoms with van der Waals surface area (Å²) in [6, 6.07) is 17.7. The molecule has 0 spiro atoms. The van der Waals surface area contributed by atoms with Gasteiger partial charge in [0.2, 0.25) is 0 Å². The largest absolute Gasteiger partial charge is 0.480 e. The van der Waals surface area contributed by atoms with Crippen molar-refractivity contribution in [3.63, 3.8) is 0 Å². The number of carbonyl (C=O) groups is 1. The quantitative estimate of drug-likeness (QED) is 0.937. The molecule has 1 aliphatic heterocycles. The molecule has 0 saturated carbocycles. The number of hydrogen-bond donors (Lipinski definition) is 1. The van der Waals surface area contributed by atoms with Crippen molar-refractivity contribution in [3.8, 4) is 5.75 Å². The predicted molar refractivity (Wildman–Crippen MR) is 82.8 cm³/mol. The summed E-state index contributed by atoms with van der Waals surface area (Å²) >= 11 is 0. The third-order valence-corrected chi connectivity index (χ3v) is 3.51. The van der Waals surface area contributed by atoms with E-state index >= 15 is 0 Å². The van der Waals surface area contributed by atoms with Gasteiger partial charge in [-0.2, -0.15) is 0 Å². The highest BCUT2D eigenvalue weighted by molar-refractivity contribution is 5.83. The number of rotatable bonds is 3. The molecule has 2 aromatic rings. The van der Waals surface area contributed by atoms with Crippen LogP contribution < -0.4 is 10.1 Å². The number of carbonyl (C=O) groups excluding carboxylic acids is 1. The minimum atomic E-state index is -0.416. The molecule has 1 heterocycles. The van der Waals surface area contributed by atoms with Gasteiger partial charge >= 0.3 is 0 Å². The van der Waals surface area contributed by atoms with E-state index in [9.17, 15) is 4.79 Å². The molecule has 1 aliphatic rings. The smallest absolute Gasteiger partial charge is 0.264 e. The molecule has 0 fully saturated rings. The van der Waals surface area contributed by atoms with Crippen molar-refractivity contribution in [2.24, 2.45) is 0 Å². The van der Waals surface area contributed by atoms with E-state index in [0.717, 1.165) is 17.7 Å². The van der Waals surface area contributed by atoms with Crippen molar-refractivity contribution in [2.75, 3.05) is 0 Å². The molecule has 0 saturated heterocycles. The summed E-state index contributed by atoms with van der Waals surface area (Å²) in [4.78, 5) is 12.1. The monoisotopic (exact) mass is 279 g/mol. The number of fused-ring (bicyclic) bond motifs is 1. The van der Waals surface area contributed by atoms with E-state index in [1.54, 1.807) is 6.20 Å². The van der Waals surface area contributed by atoms with Crippen LogP contribution in [0.2, 0.25) is 0 Å². The fraction of sp³-hybridized carbons (Fsp3) is 0.167. The van der Waals surface area contributed by atoms with Crippen LogP contribution in [0, 0.1) is 0 Å². The van der Waals surface area contributed by atoms with Crippen LogP contribution in [-0.4, -0.2) is 12.0 Å². The summed E-state index contributed by atoms with van der Waals surface area (Å²) in [5.41, 5.74) is 2.22. The summed E-state index contributed by atoms with van der Waals surface area (Å²) in [7, 11) is 0. The van der Waals surface area contributed by atoms with Crippen LogP contribution in [0.25, 0.3) is 6.08 Å². The highest BCUT2D eigenvalue weighted by atomic mass is 16.5. The van der Waals surface area contributed by atoms with Crippen molar-refractivity contribution >= 4 is 12.0 Å². The fourth-order valence-electron chi connectivity index (χ4n) is 2.39. The lowest BCUT2D eigenvalue weighted by Crippen LogP contribution is -2.38. The van der Waals surface area contributed by atoms with Gasteiger partial charge in [-0.05, 0) is 36.1 Å². The van der Waals surface area contributed by atoms with Crippen LogP contribution >= 0.6 is 0 Å². The summed E-state index contributed by atoms with van der Waals surface area (Å²) in [5.74, 6) is 0.715. The summed E-state index contributed by atoms with van der Waals surface area (Å²) in [6.07, 6.45) is 4.70. The van der Waals surface area contributed by atoms with E-state index in [1.807, 2.05) is 60.7 Å². The molecule has 0 aromatic heterocycles. The van der Waals surface area contributed by atoms with Crippen molar-refractivity contribution in [1.29, 1.82) is 0 Å². The second-order valence-corrected chi connectivity index (χ2v) is 5.01. The topological polar surface area (TPSA) is 38.3 Å². The standard InChI is InChI=1S/C18H17NO2/c20-18(19-13-12-14-6-2-1-3-7-14)17-11-10-15-8-4-5-9-16(15)21-17/h1-9,12-13,17H,10-11H2,(H,19,20)/t17-/m0/s1. The highest BCUT2D eigenvalue weighted by Gasteiger charge is 2.24. The Labute approximate surface area is 124 Å². The molecule has 3 nitrogen and oxygen atoms in total. The maximum atomic E-state index is 12.1. The Morgan fingerprint density at radius 1 is 1.10 bits per heavy atom. The number of hydrogen-bond acceptors (Lipinski definition) is 2. The zero-order valence-corrected chi connectivity index (χ0v) is 11.7. The van der Waals surface area contributed by atoms with Crippen molar-refractivity contribution in [1.82, 2.24) is 5.32 Å². The zero-order valence-electron chi connectivity index (χ0n) is 11.7. The maximum absolute atomic E-state index is 12.1. The Hall–Kier alpha value is -2.55. The van der Waals surface area contributed by atoms with Gasteiger partial charge in [0.25, 0.3) is 5.91 Å². The highest BCUT2D eigenvalue weighted by Crippen LogP contribution is 2.26. The molecule has 0 radical (unpaired) electrons. The van der Waals surface area contributed by atoms with E-state index in [4.69, 9.17) is 4.74 Å². The lowest BCUT2D eigenvalue weighted by molar-refractivity contribution is -0.127. The minimum absolute atomic E-state index is 0.100. The van der Waals surface area contributed by atoms with Gasteiger partial charge in [-0.15, -0.1) is 0 Å². The van der Waals surface area contributed by atoms with Crippen LogP contribution in [0.15, 0.2) is 60.8 Å². The lowest BCUT2D eigenvalue weighted by Gasteiger charge is -2.24. The molecule has 1 atom stereocenters. The fourth-order valence-corrected chi connectivity index (χ4v) is 2.39. The summed E-state index contributed by atoms with van der Waals surface area (Å²) in [5, 5.41) is 2.79. The van der Waals surface area contributed by atoms with Gasteiger partial charge in [0.15, 0.2) is 6.10 Å². The van der Waals surface area contributed by atoms with Gasteiger partial charge < -0.3 is 10.1 Å². The molecular weight excluding hydrogens is 262 g/mol. The van der Waals surface area contributed by atoms with E-state index in [1.165, 1.54) is 5.56 Å². The van der Waals surface area contributed by atoms with Crippen LogP contribution in [-0.2, 0) is 11.2 Å². The molecular formula is C18H17NO2. The minimum Gasteiger partial charge on any atom is -0.480 e. The number of aryl methyl sites for hydroxylation is 1. The van der Waals surface area contributed by atoms with Crippen molar-refractivity contribution in [3.05, 3.63) is 71.9 Å². The molecule has 1 N–H and O–H groups in total. The van der Waals surface area contributed by atoms with E-state index < -0.39 is 6.10 Å². The van der Waals surface area contributed by atoms with Crippen LogP contribution in [0.5, 0.6) is 5.75 Å². The number of amides is 1. The van der Waals surface area contributed by atoms with Gasteiger partial charge in [0.05, 0.1) is 0 Å². The van der Waals surface area contributed by atoms with Gasteiger partial charge in [-0.3, -0.25) is 4.79 Å². The zero-order chi connectivity index (χ0) is 14.5. The molecule has 3 heteroatoms. The van der Waals surface area contributed by atoms with Gasteiger partial charge in [0.1, 0.15) is 5.75 Å². The number of nitrogens with one attached hydrogen (secondary N) is 1. The number of para-hydroxylation sites is 1. The first-order valence-electron chi connectivity index (χ1n) is 7.09. The lowest BCUT2D eigenvalue weighted by atomic mass is 10.0. The third-order valence-electron chi connectivity index (χ3n) is 3.51. The first kappa shape index (κ1) is 13.4. The average molecular weight is 279 g/mol. The van der Waals surface area contributed by atoms with Gasteiger partial charge in [-0.1, -0.05) is 48.5 Å². The second-order valence-electron chi connectivity index (χ2n) is 5.01. The molecule has 106 valence electrons. The number of benzene rings is 2. The second kappa shape index (κ2) is 6.27.